The van der Waals surface area contributed by atoms with Crippen LogP contribution in [0.5, 0.6) is 5.75 Å². The molecule has 0 aromatic heterocycles. The lowest BCUT2D eigenvalue weighted by Crippen LogP contribution is -2.09. The van der Waals surface area contributed by atoms with Crippen molar-refractivity contribution in [2.75, 3.05) is 0 Å². The quantitative estimate of drug-likeness (QED) is 0.494. The molecule has 0 saturated heterocycles. The van der Waals surface area contributed by atoms with Crippen LogP contribution in [0.4, 0.5) is 0 Å². The normalized spacial score (nSPS) is 8.17. The molecule has 3 heteroatoms. The Labute approximate surface area is 73.6 Å². The van der Waals surface area contributed by atoms with Gasteiger partial charge in [-0.05, 0) is 11.5 Å². The van der Waals surface area contributed by atoms with Crippen molar-refractivity contribution in [2.24, 2.45) is 0 Å². The van der Waals surface area contributed by atoms with Crippen LogP contribution in [-0.2, 0) is 0 Å². The van der Waals surface area contributed by atoms with Gasteiger partial charge in [-0.25, -0.2) is 0 Å². The van der Waals surface area contributed by atoms with Gasteiger partial charge in [0, 0.05) is 5.56 Å². The first-order valence-electron chi connectivity index (χ1n) is 3.78. The molecule has 12 heavy (non-hydrogen) atoms. The number of hydrogen-bond acceptors (Lipinski definition) is 2. The summed E-state index contributed by atoms with van der Waals surface area (Å²) in [7, 11) is 5.31. The smallest absolute Gasteiger partial charge is 0.149 e. The van der Waals surface area contributed by atoms with E-state index in [0.717, 1.165) is 0 Å². The third-order valence-electron chi connectivity index (χ3n) is 1.24. The molecule has 2 radical (unpaired) electrons. The molecule has 0 fully saturated rings. The fourth-order valence-corrected chi connectivity index (χ4v) is 0.673. The lowest BCUT2D eigenvalue weighted by molar-refractivity contribution is 0.112. The average molecular weight is 162 g/mol. The molecule has 0 unspecified atom stereocenters. The van der Waals surface area contributed by atoms with Gasteiger partial charge in [0.25, 0.3) is 0 Å². The lowest BCUT2D eigenvalue weighted by Gasteiger charge is -1.99. The zero-order valence-electron chi connectivity index (χ0n) is 7.24. The summed E-state index contributed by atoms with van der Waals surface area (Å²) in [5, 5.41) is 8.95. The van der Waals surface area contributed by atoms with Gasteiger partial charge >= 0.3 is 0 Å². The molecule has 1 N–H and O–H groups in total. The Morgan fingerprint density at radius 1 is 1.42 bits per heavy atom. The number of carbonyl (C=O) groups is 1. The largest absolute Gasteiger partial charge is 0.509 e. The predicted octanol–water partition coefficient (Wildman–Crippen LogP) is 1.02. The maximum absolute atomic E-state index is 10.2. The monoisotopic (exact) mass is 162 g/mol. The lowest BCUT2D eigenvalue weighted by atomic mass is 9.90. The van der Waals surface area contributed by atoms with Crippen LogP contribution in [0.15, 0.2) is 18.2 Å². The van der Waals surface area contributed by atoms with Crippen molar-refractivity contribution in [1.29, 1.82) is 0 Å². The summed E-state index contributed by atoms with van der Waals surface area (Å²) in [6.07, 6.45) is 0.606. The Balaban J connectivity index is 0.000000561. The van der Waals surface area contributed by atoms with E-state index in [1.807, 2.05) is 13.8 Å². The van der Waals surface area contributed by atoms with Gasteiger partial charge in [-0.2, -0.15) is 0 Å². The molecule has 0 aliphatic carbocycles. The summed E-state index contributed by atoms with van der Waals surface area (Å²) >= 11 is 0. The van der Waals surface area contributed by atoms with Gasteiger partial charge in [-0.1, -0.05) is 26.0 Å². The highest BCUT2D eigenvalue weighted by Gasteiger charge is 1.98. The SMILES string of the molecule is CC.[B]c1c(O)cccc1C=O. The third kappa shape index (κ3) is 2.42. The Morgan fingerprint density at radius 3 is 2.42 bits per heavy atom. The van der Waals surface area contributed by atoms with Crippen molar-refractivity contribution in [3.8, 4) is 5.75 Å². The summed E-state index contributed by atoms with van der Waals surface area (Å²) < 4.78 is 0. The van der Waals surface area contributed by atoms with Crippen molar-refractivity contribution in [3.05, 3.63) is 23.8 Å². The van der Waals surface area contributed by atoms with E-state index < -0.39 is 0 Å². The summed E-state index contributed by atoms with van der Waals surface area (Å²) in [6.45, 7) is 4.00. The molecule has 0 saturated carbocycles. The number of carbonyl (C=O) groups excluding carboxylic acids is 1. The Hall–Kier alpha value is -1.25. The van der Waals surface area contributed by atoms with Crippen LogP contribution in [0.3, 0.4) is 0 Å². The van der Waals surface area contributed by atoms with Gasteiger partial charge in [-0.3, -0.25) is 4.79 Å². The van der Waals surface area contributed by atoms with Gasteiger partial charge < -0.3 is 5.11 Å². The van der Waals surface area contributed by atoms with E-state index in [1.165, 1.54) is 6.07 Å². The first kappa shape index (κ1) is 10.8. The van der Waals surface area contributed by atoms with Crippen molar-refractivity contribution in [2.45, 2.75) is 13.8 Å². The number of benzene rings is 1. The van der Waals surface area contributed by atoms with Crippen molar-refractivity contribution in [1.82, 2.24) is 0 Å². The van der Waals surface area contributed by atoms with E-state index in [2.05, 4.69) is 0 Å². The molecule has 0 aliphatic rings. The molecule has 2 nitrogen and oxygen atoms in total. The summed E-state index contributed by atoms with van der Waals surface area (Å²) in [6, 6.07) is 4.54. The van der Waals surface area contributed by atoms with Crippen LogP contribution in [0.1, 0.15) is 24.2 Å². The van der Waals surface area contributed by atoms with Gasteiger partial charge in [0.05, 0.1) is 0 Å². The van der Waals surface area contributed by atoms with E-state index in [-0.39, 0.29) is 11.2 Å². The van der Waals surface area contributed by atoms with E-state index in [4.69, 9.17) is 13.0 Å². The van der Waals surface area contributed by atoms with Crippen molar-refractivity contribution < 1.29 is 9.90 Å². The highest BCUT2D eigenvalue weighted by molar-refractivity contribution is 6.37. The molecular formula is C9H11BO2. The van der Waals surface area contributed by atoms with Crippen LogP contribution in [-0.4, -0.2) is 19.2 Å². The van der Waals surface area contributed by atoms with E-state index in [0.29, 0.717) is 11.8 Å². The third-order valence-corrected chi connectivity index (χ3v) is 1.24. The first-order valence-corrected chi connectivity index (χ1v) is 3.78. The minimum absolute atomic E-state index is 0.0513. The molecule has 0 heterocycles. The molecule has 1 rings (SSSR count). The first-order chi connectivity index (χ1) is 5.75. The molecule has 0 bridgehead atoms. The number of phenolic OH excluding ortho intramolecular Hbond substituents is 1. The van der Waals surface area contributed by atoms with E-state index in [9.17, 15) is 4.79 Å². The highest BCUT2D eigenvalue weighted by Crippen LogP contribution is 2.03. The highest BCUT2D eigenvalue weighted by atomic mass is 16.3. The van der Waals surface area contributed by atoms with Crippen LogP contribution in [0.2, 0.25) is 0 Å². The number of rotatable bonds is 1. The van der Waals surface area contributed by atoms with Gasteiger partial charge in [0.2, 0.25) is 0 Å². The second-order valence-corrected chi connectivity index (χ2v) is 1.90. The summed E-state index contributed by atoms with van der Waals surface area (Å²) in [5.74, 6) is -0.0513. The summed E-state index contributed by atoms with van der Waals surface area (Å²) in [5.41, 5.74) is 0.456. The molecule has 62 valence electrons. The van der Waals surface area contributed by atoms with Crippen molar-refractivity contribution in [3.63, 3.8) is 0 Å². The second kappa shape index (κ2) is 5.41. The number of hydrogen-bond donors (Lipinski definition) is 1. The fraction of sp³-hybridized carbons (Fsp3) is 0.222. The maximum Gasteiger partial charge on any atom is 0.149 e. The zero-order valence-corrected chi connectivity index (χ0v) is 7.24. The van der Waals surface area contributed by atoms with Crippen LogP contribution in [0.25, 0.3) is 0 Å². The molecule has 1 aromatic carbocycles. The van der Waals surface area contributed by atoms with E-state index in [1.54, 1.807) is 12.1 Å². The molecule has 0 atom stereocenters. The summed E-state index contributed by atoms with van der Waals surface area (Å²) in [4.78, 5) is 10.2. The van der Waals surface area contributed by atoms with Gasteiger partial charge in [0.15, 0.2) is 0 Å². The van der Waals surface area contributed by atoms with Crippen LogP contribution < -0.4 is 5.46 Å². The average Bonchev–Trinajstić information content (AvgIpc) is 2.13. The van der Waals surface area contributed by atoms with Crippen LogP contribution in [0, 0.1) is 0 Å². The van der Waals surface area contributed by atoms with Gasteiger partial charge in [-0.15, -0.1) is 0 Å². The Morgan fingerprint density at radius 2 is 2.00 bits per heavy atom. The minimum Gasteiger partial charge on any atom is -0.509 e. The molecule has 1 aromatic rings. The number of aldehydes is 1. The minimum atomic E-state index is -0.0513. The molecule has 0 aliphatic heterocycles. The van der Waals surface area contributed by atoms with E-state index >= 15 is 0 Å². The van der Waals surface area contributed by atoms with Crippen LogP contribution >= 0.6 is 0 Å². The van der Waals surface area contributed by atoms with Crippen molar-refractivity contribution >= 4 is 19.6 Å². The number of phenols is 1. The maximum atomic E-state index is 10.2. The standard InChI is InChI=1S/C7H5BO2.C2H6/c8-7-5(4-9)2-1-3-6(7)10;1-2/h1-4,10H;1-2H3. The van der Waals surface area contributed by atoms with Gasteiger partial charge in [0.1, 0.15) is 19.9 Å². The Bertz CT molecular complexity index is 259. The predicted molar refractivity (Wildman–Crippen MR) is 50.2 cm³/mol. The Kier molecular flexibility index (Phi) is 4.85. The molecule has 0 spiro atoms. The number of aromatic hydroxyl groups is 1. The second-order valence-electron chi connectivity index (χ2n) is 1.90. The topological polar surface area (TPSA) is 37.3 Å². The molecule has 0 amide bonds. The zero-order chi connectivity index (χ0) is 9.56. The fourth-order valence-electron chi connectivity index (χ4n) is 0.673. The molecular weight excluding hydrogens is 151 g/mol.